The van der Waals surface area contributed by atoms with Gasteiger partial charge in [-0.05, 0) is 68.3 Å². The van der Waals surface area contributed by atoms with Gasteiger partial charge in [-0.15, -0.1) is 11.3 Å². The van der Waals surface area contributed by atoms with Crippen molar-refractivity contribution in [1.29, 1.82) is 0 Å². The molecule has 0 radical (unpaired) electrons. The van der Waals surface area contributed by atoms with Crippen LogP contribution in [0.4, 0.5) is 10.8 Å². The van der Waals surface area contributed by atoms with Crippen LogP contribution < -0.4 is 15.4 Å². The summed E-state index contributed by atoms with van der Waals surface area (Å²) in [7, 11) is 1.65. The van der Waals surface area contributed by atoms with Gasteiger partial charge in [0.05, 0.1) is 19.4 Å². The van der Waals surface area contributed by atoms with Crippen molar-refractivity contribution in [2.24, 2.45) is 0 Å². The predicted octanol–water partition coefficient (Wildman–Crippen LogP) is 6.12. The molecule has 1 atom stereocenters. The molecule has 1 aromatic carbocycles. The number of aryl methyl sites for hydroxylation is 2. The monoisotopic (exact) mass is 447 g/mol. The number of furan rings is 1. The first kappa shape index (κ1) is 21.6. The summed E-state index contributed by atoms with van der Waals surface area (Å²) in [5.41, 5.74) is 4.07. The number of hydrogen-bond donors (Lipinski definition) is 2. The number of aromatic nitrogens is 1. The van der Waals surface area contributed by atoms with E-state index in [2.05, 4.69) is 29.5 Å². The Balaban J connectivity index is 1.78. The third kappa shape index (κ3) is 4.53. The highest BCUT2D eigenvalue weighted by molar-refractivity contribution is 7.16. The van der Waals surface area contributed by atoms with E-state index in [0.29, 0.717) is 0 Å². The third-order valence-electron chi connectivity index (χ3n) is 5.32. The minimum Gasteiger partial charge on any atom is -0.497 e. The van der Waals surface area contributed by atoms with Crippen LogP contribution in [0.5, 0.6) is 5.75 Å². The number of nitrogens with one attached hydrogen (secondary N) is 2. The van der Waals surface area contributed by atoms with Gasteiger partial charge in [0.2, 0.25) is 0 Å². The average molecular weight is 448 g/mol. The lowest BCUT2D eigenvalue weighted by Crippen LogP contribution is -2.18. The van der Waals surface area contributed by atoms with Gasteiger partial charge in [-0.25, -0.2) is 4.98 Å². The molecule has 0 bridgehead atoms. The summed E-state index contributed by atoms with van der Waals surface area (Å²) in [6, 6.07) is 16.9. The van der Waals surface area contributed by atoms with E-state index in [9.17, 15) is 4.79 Å². The maximum atomic E-state index is 12.7. The van der Waals surface area contributed by atoms with Crippen molar-refractivity contribution in [3.63, 3.8) is 0 Å². The standard InChI is InChI=1S/C25H25N3O3S/c1-15-7-5-9-21(26-15)27-23(18-10-12-19(30-4)13-11-18)22-16(2)17(3)32-25(22)28-24(29)20-8-6-14-31-20/h5-14,23H,1-4H3,(H,26,27)(H,28,29)/t23-/m1/s1. The number of hydrogen-bond acceptors (Lipinski definition) is 6. The van der Waals surface area contributed by atoms with Gasteiger partial charge in [0.1, 0.15) is 16.6 Å². The number of rotatable bonds is 7. The first-order valence-corrected chi connectivity index (χ1v) is 11.1. The van der Waals surface area contributed by atoms with E-state index in [1.165, 1.54) is 6.26 Å². The van der Waals surface area contributed by atoms with Gasteiger partial charge in [0.25, 0.3) is 5.91 Å². The average Bonchev–Trinajstić information content (AvgIpc) is 3.42. The van der Waals surface area contributed by atoms with E-state index in [4.69, 9.17) is 9.15 Å². The molecule has 6 nitrogen and oxygen atoms in total. The fourth-order valence-corrected chi connectivity index (χ4v) is 4.64. The molecule has 0 aliphatic rings. The number of pyridine rings is 1. The normalized spacial score (nSPS) is 11.8. The lowest BCUT2D eigenvalue weighted by Gasteiger charge is -2.22. The molecule has 0 saturated carbocycles. The molecule has 2 N–H and O–H groups in total. The first-order valence-electron chi connectivity index (χ1n) is 10.2. The summed E-state index contributed by atoms with van der Waals surface area (Å²) in [5, 5.41) is 7.40. The van der Waals surface area contributed by atoms with E-state index in [-0.39, 0.29) is 17.7 Å². The highest BCUT2D eigenvalue weighted by Gasteiger charge is 2.25. The second kappa shape index (κ2) is 9.28. The Labute approximate surface area is 191 Å². The minimum absolute atomic E-state index is 0.230. The van der Waals surface area contributed by atoms with Crippen molar-refractivity contribution in [2.45, 2.75) is 26.8 Å². The van der Waals surface area contributed by atoms with Gasteiger partial charge in [0, 0.05) is 16.1 Å². The Bertz CT molecular complexity index is 1210. The number of thiophene rings is 1. The Morgan fingerprint density at radius 2 is 1.84 bits per heavy atom. The minimum atomic E-state index is -0.278. The summed E-state index contributed by atoms with van der Waals surface area (Å²) in [4.78, 5) is 18.5. The number of anilines is 2. The van der Waals surface area contributed by atoms with Crippen LogP contribution in [0.2, 0.25) is 0 Å². The number of benzene rings is 1. The Hall–Kier alpha value is -3.58. The van der Waals surface area contributed by atoms with Crippen molar-refractivity contribution in [1.82, 2.24) is 4.98 Å². The van der Waals surface area contributed by atoms with Crippen LogP contribution in [0.1, 0.15) is 43.9 Å². The van der Waals surface area contributed by atoms with Gasteiger partial charge >= 0.3 is 0 Å². The molecule has 1 amide bonds. The first-order chi connectivity index (χ1) is 15.5. The zero-order valence-corrected chi connectivity index (χ0v) is 19.2. The zero-order chi connectivity index (χ0) is 22.7. The number of nitrogens with zero attached hydrogens (tertiary/aromatic N) is 1. The molecule has 4 aromatic rings. The van der Waals surface area contributed by atoms with Crippen LogP contribution in [-0.4, -0.2) is 18.0 Å². The number of carbonyl (C=O) groups is 1. The Kier molecular flexibility index (Phi) is 6.28. The smallest absolute Gasteiger partial charge is 0.291 e. The molecule has 4 rings (SSSR count). The molecule has 0 spiro atoms. The molecule has 0 aliphatic heterocycles. The van der Waals surface area contributed by atoms with Crippen LogP contribution in [0.3, 0.4) is 0 Å². The molecule has 3 aromatic heterocycles. The second-order valence-corrected chi connectivity index (χ2v) is 8.70. The molecule has 0 saturated heterocycles. The third-order valence-corrected chi connectivity index (χ3v) is 6.46. The van der Waals surface area contributed by atoms with E-state index in [1.807, 2.05) is 49.4 Å². The van der Waals surface area contributed by atoms with E-state index >= 15 is 0 Å². The Morgan fingerprint density at radius 1 is 1.06 bits per heavy atom. The number of methoxy groups -OCH3 is 1. The van der Waals surface area contributed by atoms with Crippen molar-refractivity contribution in [3.05, 3.63) is 93.9 Å². The molecule has 3 heterocycles. The Morgan fingerprint density at radius 3 is 2.50 bits per heavy atom. The fraction of sp³-hybridized carbons (Fsp3) is 0.200. The van der Waals surface area contributed by atoms with Crippen LogP contribution in [0, 0.1) is 20.8 Å². The quantitative estimate of drug-likeness (QED) is 0.357. The van der Waals surface area contributed by atoms with E-state index < -0.39 is 0 Å². The van der Waals surface area contributed by atoms with Crippen LogP contribution in [-0.2, 0) is 0 Å². The van der Waals surface area contributed by atoms with E-state index in [1.54, 1.807) is 30.6 Å². The zero-order valence-electron chi connectivity index (χ0n) is 18.4. The second-order valence-electron chi connectivity index (χ2n) is 7.47. The van der Waals surface area contributed by atoms with Crippen LogP contribution in [0.25, 0.3) is 0 Å². The molecule has 0 fully saturated rings. The summed E-state index contributed by atoms with van der Waals surface area (Å²) >= 11 is 1.55. The molecule has 0 aliphatic carbocycles. The van der Waals surface area contributed by atoms with Gasteiger partial charge in [0.15, 0.2) is 5.76 Å². The van der Waals surface area contributed by atoms with Crippen molar-refractivity contribution in [2.75, 3.05) is 17.7 Å². The predicted molar refractivity (Wildman–Crippen MR) is 128 cm³/mol. The van der Waals surface area contributed by atoms with Crippen molar-refractivity contribution >= 4 is 28.1 Å². The van der Waals surface area contributed by atoms with Gasteiger partial charge in [-0.2, -0.15) is 0 Å². The highest BCUT2D eigenvalue weighted by Crippen LogP contribution is 2.41. The molecular formula is C25H25N3O3S. The van der Waals surface area contributed by atoms with Gasteiger partial charge < -0.3 is 19.8 Å². The summed E-state index contributed by atoms with van der Waals surface area (Å²) in [5.74, 6) is 1.54. The summed E-state index contributed by atoms with van der Waals surface area (Å²) in [6.45, 7) is 6.09. The number of ether oxygens (including phenoxy) is 1. The van der Waals surface area contributed by atoms with Gasteiger partial charge in [-0.1, -0.05) is 18.2 Å². The SMILES string of the molecule is COc1ccc([C@@H](Nc2cccc(C)n2)c2c(NC(=O)c3ccco3)sc(C)c2C)cc1. The van der Waals surface area contributed by atoms with E-state index in [0.717, 1.165) is 43.8 Å². The topological polar surface area (TPSA) is 76.4 Å². The molecule has 32 heavy (non-hydrogen) atoms. The number of amides is 1. The summed E-state index contributed by atoms with van der Waals surface area (Å²) < 4.78 is 10.6. The lowest BCUT2D eigenvalue weighted by atomic mass is 9.96. The maximum absolute atomic E-state index is 12.7. The highest BCUT2D eigenvalue weighted by atomic mass is 32.1. The van der Waals surface area contributed by atoms with Crippen LogP contribution >= 0.6 is 11.3 Å². The van der Waals surface area contributed by atoms with Crippen molar-refractivity contribution < 1.29 is 13.9 Å². The van der Waals surface area contributed by atoms with Crippen LogP contribution in [0.15, 0.2) is 65.3 Å². The number of carbonyl (C=O) groups excluding carboxylic acids is 1. The van der Waals surface area contributed by atoms with Crippen molar-refractivity contribution in [3.8, 4) is 5.75 Å². The lowest BCUT2D eigenvalue weighted by molar-refractivity contribution is 0.0997. The summed E-state index contributed by atoms with van der Waals surface area (Å²) in [6.07, 6.45) is 1.49. The maximum Gasteiger partial charge on any atom is 0.291 e. The largest absolute Gasteiger partial charge is 0.497 e. The molecule has 0 unspecified atom stereocenters. The molecule has 7 heteroatoms. The fourth-order valence-electron chi connectivity index (χ4n) is 3.55. The molecule has 164 valence electrons. The van der Waals surface area contributed by atoms with Gasteiger partial charge in [-0.3, -0.25) is 4.79 Å². The molecular weight excluding hydrogens is 422 g/mol.